The van der Waals surface area contributed by atoms with Crippen molar-refractivity contribution in [2.24, 2.45) is 0 Å². The average molecular weight is 381 g/mol. The fraction of sp³-hybridized carbons (Fsp3) is 0.333. The lowest BCUT2D eigenvalue weighted by Gasteiger charge is -2.20. The largest absolute Gasteiger partial charge is 0.456 e. The molecule has 0 radical (unpaired) electrons. The van der Waals surface area contributed by atoms with Gasteiger partial charge < -0.3 is 15.4 Å². The zero-order valence-electron chi connectivity index (χ0n) is 15.1. The number of ether oxygens (including phenoxy) is 1. The van der Waals surface area contributed by atoms with Gasteiger partial charge in [0.25, 0.3) is 17.1 Å². The summed E-state index contributed by atoms with van der Waals surface area (Å²) < 4.78 is 4.65. The molecule has 0 aliphatic rings. The minimum Gasteiger partial charge on any atom is -0.456 e. The van der Waals surface area contributed by atoms with Crippen molar-refractivity contribution in [3.05, 3.63) is 40.5 Å². The van der Waals surface area contributed by atoms with Crippen LogP contribution in [0.4, 0.5) is 5.69 Å². The summed E-state index contributed by atoms with van der Waals surface area (Å²) in [5.74, 6) is -1.62. The molecule has 0 heterocycles. The van der Waals surface area contributed by atoms with E-state index >= 15 is 0 Å². The molecule has 0 aliphatic carbocycles. The lowest BCUT2D eigenvalue weighted by atomic mass is 9.91. The van der Waals surface area contributed by atoms with Gasteiger partial charge in [-0.1, -0.05) is 6.08 Å². The van der Waals surface area contributed by atoms with Crippen LogP contribution in [-0.2, 0) is 14.3 Å². The Hall–Kier alpha value is -2.67. The maximum atomic E-state index is 12.5. The summed E-state index contributed by atoms with van der Waals surface area (Å²) in [4.78, 5) is 47.2. The van der Waals surface area contributed by atoms with E-state index in [-0.39, 0.29) is 23.4 Å². The average Bonchev–Trinajstić information content (AvgIpc) is 2.54. The molecule has 2 amide bonds. The monoisotopic (exact) mass is 380 g/mol. The van der Waals surface area contributed by atoms with Crippen LogP contribution in [0.25, 0.3) is 0 Å². The Labute approximate surface area is 156 Å². The summed E-state index contributed by atoms with van der Waals surface area (Å²) in [5.41, 5.74) is 1.98. The molecule has 0 aliphatic heterocycles. The fourth-order valence-corrected chi connectivity index (χ4v) is 2.92. The maximum Gasteiger partial charge on any atom is 0.303 e. The second kappa shape index (κ2) is 9.15. The Bertz CT molecular complexity index is 787. The van der Waals surface area contributed by atoms with E-state index in [0.29, 0.717) is 16.7 Å². The predicted octanol–water partition coefficient (Wildman–Crippen LogP) is 2.41. The van der Waals surface area contributed by atoms with Gasteiger partial charge in [-0.25, -0.2) is 0 Å². The minimum absolute atomic E-state index is 0.142. The normalized spacial score (nSPS) is 10.0. The molecule has 1 aromatic rings. The third-order valence-corrected chi connectivity index (χ3v) is 3.94. The molecule has 0 atom stereocenters. The van der Waals surface area contributed by atoms with Crippen LogP contribution in [0, 0.1) is 20.8 Å². The second-order valence-corrected chi connectivity index (χ2v) is 5.94. The van der Waals surface area contributed by atoms with Crippen LogP contribution < -0.4 is 10.6 Å². The van der Waals surface area contributed by atoms with E-state index in [1.54, 1.807) is 20.8 Å². The smallest absolute Gasteiger partial charge is 0.303 e. The van der Waals surface area contributed by atoms with Crippen LogP contribution in [0.3, 0.4) is 0 Å². The lowest BCUT2D eigenvalue weighted by Crippen LogP contribution is -2.27. The first-order valence-corrected chi connectivity index (χ1v) is 8.15. The summed E-state index contributed by atoms with van der Waals surface area (Å²) in [7, 11) is 0. The first-order valence-electron chi connectivity index (χ1n) is 7.77. The molecule has 2 N–H and O–H groups in total. The van der Waals surface area contributed by atoms with Gasteiger partial charge in [-0.3, -0.25) is 19.2 Å². The van der Waals surface area contributed by atoms with Gasteiger partial charge in [0, 0.05) is 30.3 Å². The van der Waals surface area contributed by atoms with Crippen molar-refractivity contribution in [2.75, 3.05) is 18.5 Å². The summed E-state index contributed by atoms with van der Waals surface area (Å²) in [6.07, 6.45) is 1.52. The van der Waals surface area contributed by atoms with Crippen molar-refractivity contribution in [1.29, 1.82) is 0 Å². The second-order valence-electron chi connectivity index (χ2n) is 5.60. The van der Waals surface area contributed by atoms with Gasteiger partial charge in [0.15, 0.2) is 6.61 Å². The molecule has 0 saturated carbocycles. The number of rotatable bonds is 7. The maximum absolute atomic E-state index is 12.5. The van der Waals surface area contributed by atoms with E-state index in [9.17, 15) is 19.2 Å². The summed E-state index contributed by atoms with van der Waals surface area (Å²) in [6.45, 7) is 9.35. The molecular formula is C18H21ClN2O5. The number of carbonyl (C=O) groups excluding carboxylic acids is 4. The standard InChI is InChI=1S/C18H21ClN2O5/c1-6-7-20-18(25)15-9(2)14(17(19)24)10(3)16(11(15)4)21-13(23)8-26-12(5)22/h6H,1,7-8H2,2-5H3,(H,20,25)(H,21,23). The Morgan fingerprint density at radius 3 is 2.15 bits per heavy atom. The number of nitrogens with one attached hydrogen (secondary N) is 2. The highest BCUT2D eigenvalue weighted by Crippen LogP contribution is 2.32. The highest BCUT2D eigenvalue weighted by Gasteiger charge is 2.25. The van der Waals surface area contributed by atoms with E-state index in [1.165, 1.54) is 13.0 Å². The number of carbonyl (C=O) groups is 4. The van der Waals surface area contributed by atoms with E-state index in [0.717, 1.165) is 0 Å². The number of anilines is 1. The van der Waals surface area contributed by atoms with Crippen LogP contribution in [0.2, 0.25) is 0 Å². The molecule has 26 heavy (non-hydrogen) atoms. The van der Waals surface area contributed by atoms with Crippen molar-refractivity contribution in [2.45, 2.75) is 27.7 Å². The molecule has 1 aromatic carbocycles. The van der Waals surface area contributed by atoms with E-state index < -0.39 is 29.6 Å². The Kier molecular flexibility index (Phi) is 7.52. The molecule has 7 nitrogen and oxygen atoms in total. The van der Waals surface area contributed by atoms with Crippen LogP contribution >= 0.6 is 11.6 Å². The van der Waals surface area contributed by atoms with Crippen LogP contribution in [-0.4, -0.2) is 36.2 Å². The van der Waals surface area contributed by atoms with Gasteiger partial charge in [0.05, 0.1) is 0 Å². The van der Waals surface area contributed by atoms with Gasteiger partial charge in [-0.15, -0.1) is 6.58 Å². The fourth-order valence-electron chi connectivity index (χ4n) is 2.64. The molecule has 0 aromatic heterocycles. The first-order chi connectivity index (χ1) is 12.1. The molecule has 1 rings (SSSR count). The SMILES string of the molecule is C=CCNC(=O)c1c(C)c(NC(=O)COC(C)=O)c(C)c(C(=O)Cl)c1C. The van der Waals surface area contributed by atoms with E-state index in [4.69, 9.17) is 11.6 Å². The minimum atomic E-state index is -0.742. The molecule has 8 heteroatoms. The molecule has 0 bridgehead atoms. The predicted molar refractivity (Wildman–Crippen MR) is 98.6 cm³/mol. The molecule has 0 saturated heterocycles. The highest BCUT2D eigenvalue weighted by atomic mass is 35.5. The Balaban J connectivity index is 3.44. The van der Waals surface area contributed by atoms with Crippen molar-refractivity contribution in [3.8, 4) is 0 Å². The van der Waals surface area contributed by atoms with Crippen molar-refractivity contribution in [1.82, 2.24) is 5.32 Å². The van der Waals surface area contributed by atoms with Crippen molar-refractivity contribution >= 4 is 40.3 Å². The number of hydrogen-bond acceptors (Lipinski definition) is 5. The zero-order valence-corrected chi connectivity index (χ0v) is 15.9. The van der Waals surface area contributed by atoms with Gasteiger partial charge in [0.2, 0.25) is 0 Å². The molecule has 0 unspecified atom stereocenters. The zero-order chi connectivity index (χ0) is 20.0. The number of esters is 1. The van der Waals surface area contributed by atoms with Crippen LogP contribution in [0.1, 0.15) is 44.3 Å². The lowest BCUT2D eigenvalue weighted by molar-refractivity contribution is -0.144. The Morgan fingerprint density at radius 2 is 1.65 bits per heavy atom. The first kappa shape index (κ1) is 21.4. The van der Waals surface area contributed by atoms with Crippen LogP contribution in [0.5, 0.6) is 0 Å². The summed E-state index contributed by atoms with van der Waals surface area (Å²) in [6, 6.07) is 0. The van der Waals surface area contributed by atoms with Crippen LogP contribution in [0.15, 0.2) is 12.7 Å². The van der Waals surface area contributed by atoms with Gasteiger partial charge in [-0.05, 0) is 49.1 Å². The van der Waals surface area contributed by atoms with Crippen molar-refractivity contribution in [3.63, 3.8) is 0 Å². The number of benzene rings is 1. The van der Waals surface area contributed by atoms with Gasteiger partial charge in [-0.2, -0.15) is 0 Å². The number of halogens is 1. The number of amides is 2. The van der Waals surface area contributed by atoms with Gasteiger partial charge >= 0.3 is 5.97 Å². The third-order valence-electron chi connectivity index (χ3n) is 3.75. The molecular weight excluding hydrogens is 360 g/mol. The molecule has 140 valence electrons. The molecule has 0 spiro atoms. The Morgan fingerprint density at radius 1 is 1.08 bits per heavy atom. The number of hydrogen-bond donors (Lipinski definition) is 2. The third kappa shape index (κ3) is 4.92. The molecule has 0 fully saturated rings. The van der Waals surface area contributed by atoms with E-state index in [2.05, 4.69) is 21.9 Å². The quantitative estimate of drug-likeness (QED) is 0.429. The van der Waals surface area contributed by atoms with E-state index in [1.807, 2.05) is 0 Å². The van der Waals surface area contributed by atoms with Gasteiger partial charge in [0.1, 0.15) is 0 Å². The highest BCUT2D eigenvalue weighted by molar-refractivity contribution is 6.68. The van der Waals surface area contributed by atoms with Crippen molar-refractivity contribution < 1.29 is 23.9 Å². The summed E-state index contributed by atoms with van der Waals surface area (Å²) >= 11 is 5.69. The summed E-state index contributed by atoms with van der Waals surface area (Å²) in [5, 5.41) is 4.48. The topological polar surface area (TPSA) is 102 Å².